The minimum Gasteiger partial charge on any atom is -0.493 e. The van der Waals surface area contributed by atoms with Gasteiger partial charge in [0.05, 0.1) is 30.1 Å². The number of ether oxygens (including phenoxy) is 4. The molecule has 1 aliphatic rings. The Morgan fingerprint density at radius 2 is 1.80 bits per heavy atom. The van der Waals surface area contributed by atoms with Crippen LogP contribution in [0.5, 0.6) is 23.0 Å². The second kappa shape index (κ2) is 13.3. The summed E-state index contributed by atoms with van der Waals surface area (Å²) in [7, 11) is 1.56. The molecule has 3 aromatic rings. The summed E-state index contributed by atoms with van der Waals surface area (Å²) in [4.78, 5) is 22.9. The van der Waals surface area contributed by atoms with Crippen LogP contribution in [0.1, 0.15) is 66.4 Å². The summed E-state index contributed by atoms with van der Waals surface area (Å²) in [5.41, 5.74) is 7.79. The smallest absolute Gasteiger partial charge is 0.343 e. The molecule has 0 spiro atoms. The fourth-order valence-electron chi connectivity index (χ4n) is 4.60. The van der Waals surface area contributed by atoms with Gasteiger partial charge in [0.2, 0.25) is 5.88 Å². The first-order chi connectivity index (χ1) is 19.9. The molecule has 0 fully saturated rings. The monoisotopic (exact) mass is 557 g/mol. The average Bonchev–Trinajstić information content (AvgIpc) is 2.98. The Labute approximate surface area is 238 Å². The van der Waals surface area contributed by atoms with E-state index in [1.807, 2.05) is 18.2 Å². The zero-order valence-electron chi connectivity index (χ0n) is 22.9. The number of benzene rings is 3. The van der Waals surface area contributed by atoms with Gasteiger partial charge in [0.25, 0.3) is 5.69 Å². The summed E-state index contributed by atoms with van der Waals surface area (Å²) in [6.07, 6.45) is 5.64. The minimum absolute atomic E-state index is 0.0600. The number of non-ortho nitro benzene ring substituents is 1. The van der Waals surface area contributed by atoms with Crippen molar-refractivity contribution in [3.8, 4) is 29.1 Å². The molecule has 10 heteroatoms. The molecule has 0 saturated heterocycles. The summed E-state index contributed by atoms with van der Waals surface area (Å²) in [5.74, 6) is 0.345. The number of nitro groups is 1. The number of rotatable bonds is 12. The molecule has 1 heterocycles. The number of carbonyl (C=O) groups is 1. The number of unbranched alkanes of at least 4 members (excludes halogenated alkanes) is 4. The maximum atomic E-state index is 12.6. The predicted molar refractivity (Wildman–Crippen MR) is 151 cm³/mol. The number of esters is 1. The largest absolute Gasteiger partial charge is 0.493 e. The molecule has 2 N–H and O–H groups in total. The Morgan fingerprint density at radius 1 is 1.05 bits per heavy atom. The molecule has 0 saturated carbocycles. The molecule has 1 atom stereocenters. The zero-order chi connectivity index (χ0) is 29.4. The molecule has 1 unspecified atom stereocenters. The standard InChI is InChI=1S/C31H31N3O7/c1-3-4-5-6-7-16-39-26-15-10-21(17-28(26)38-2)29-24-14-13-23(18-27(24)41-30(33)25(29)19-32)40-31(35)20-8-11-22(12-9-20)34(36)37/h8-15,17-18,29H,3-7,16,33H2,1-2H3. The first kappa shape index (κ1) is 29.0. The van der Waals surface area contributed by atoms with Crippen LogP contribution in [0.25, 0.3) is 0 Å². The molecular weight excluding hydrogens is 526 g/mol. The fourth-order valence-corrected chi connectivity index (χ4v) is 4.60. The highest BCUT2D eigenvalue weighted by atomic mass is 16.6. The van der Waals surface area contributed by atoms with Gasteiger partial charge >= 0.3 is 5.97 Å². The quantitative estimate of drug-likeness (QED) is 0.0879. The van der Waals surface area contributed by atoms with E-state index in [2.05, 4.69) is 13.0 Å². The van der Waals surface area contributed by atoms with Crippen LogP contribution < -0.4 is 24.7 Å². The Hall–Kier alpha value is -5.04. The molecule has 0 amide bonds. The van der Waals surface area contributed by atoms with Gasteiger partial charge in [-0.1, -0.05) is 44.7 Å². The molecule has 3 aromatic carbocycles. The molecule has 1 aliphatic heterocycles. The average molecular weight is 558 g/mol. The number of allylic oxidation sites excluding steroid dienone is 1. The molecule has 4 rings (SSSR count). The van der Waals surface area contributed by atoms with Crippen LogP contribution in [0.15, 0.2) is 72.1 Å². The van der Waals surface area contributed by atoms with Gasteiger partial charge in [0.15, 0.2) is 11.5 Å². The number of hydrogen-bond acceptors (Lipinski definition) is 9. The van der Waals surface area contributed by atoms with E-state index in [-0.39, 0.29) is 28.5 Å². The highest BCUT2D eigenvalue weighted by Gasteiger charge is 2.32. The molecule has 212 valence electrons. The minimum atomic E-state index is -0.695. The Morgan fingerprint density at radius 3 is 2.49 bits per heavy atom. The van der Waals surface area contributed by atoms with Gasteiger partial charge in [-0.05, 0) is 42.3 Å². The van der Waals surface area contributed by atoms with Gasteiger partial charge in [0, 0.05) is 23.8 Å². The van der Waals surface area contributed by atoms with E-state index in [1.54, 1.807) is 19.2 Å². The van der Waals surface area contributed by atoms with Gasteiger partial charge < -0.3 is 24.7 Å². The van der Waals surface area contributed by atoms with Crippen LogP contribution in [0.4, 0.5) is 5.69 Å². The second-order valence-corrected chi connectivity index (χ2v) is 9.49. The zero-order valence-corrected chi connectivity index (χ0v) is 22.9. The number of nitrogens with zero attached hydrogens (tertiary/aromatic N) is 2. The summed E-state index contributed by atoms with van der Waals surface area (Å²) < 4.78 is 22.8. The van der Waals surface area contributed by atoms with Crippen molar-refractivity contribution in [1.82, 2.24) is 0 Å². The van der Waals surface area contributed by atoms with Gasteiger partial charge in [-0.25, -0.2) is 4.79 Å². The fraction of sp³-hybridized carbons (Fsp3) is 0.290. The van der Waals surface area contributed by atoms with Crippen molar-refractivity contribution in [2.24, 2.45) is 5.73 Å². The SMILES string of the molecule is CCCCCCCOc1ccc(C2C(C#N)=C(N)Oc3cc(OC(=O)c4ccc([N+](=O)[O-])cc4)ccc32)cc1OC. The summed E-state index contributed by atoms with van der Waals surface area (Å²) in [5, 5.41) is 20.8. The van der Waals surface area contributed by atoms with Crippen LogP contribution >= 0.6 is 0 Å². The number of methoxy groups -OCH3 is 1. The lowest BCUT2D eigenvalue weighted by atomic mass is 9.83. The van der Waals surface area contributed by atoms with Crippen molar-refractivity contribution in [3.63, 3.8) is 0 Å². The third kappa shape index (κ3) is 6.76. The van der Waals surface area contributed by atoms with E-state index in [4.69, 9.17) is 24.7 Å². The molecule has 0 bridgehead atoms. The number of nitrogens with two attached hydrogens (primary N) is 1. The van der Waals surface area contributed by atoms with Gasteiger partial charge in [-0.3, -0.25) is 10.1 Å². The van der Waals surface area contributed by atoms with Crippen LogP contribution in [-0.4, -0.2) is 24.6 Å². The van der Waals surface area contributed by atoms with Crippen molar-refractivity contribution < 1.29 is 28.7 Å². The first-order valence-corrected chi connectivity index (χ1v) is 13.3. The van der Waals surface area contributed by atoms with Gasteiger partial charge in [-0.15, -0.1) is 0 Å². The van der Waals surface area contributed by atoms with E-state index >= 15 is 0 Å². The number of nitriles is 1. The van der Waals surface area contributed by atoms with Crippen LogP contribution in [0.2, 0.25) is 0 Å². The Kier molecular flexibility index (Phi) is 9.43. The number of fused-ring (bicyclic) bond motifs is 1. The molecule has 0 aliphatic carbocycles. The lowest BCUT2D eigenvalue weighted by molar-refractivity contribution is -0.384. The third-order valence-corrected chi connectivity index (χ3v) is 6.74. The van der Waals surface area contributed by atoms with E-state index in [0.29, 0.717) is 29.4 Å². The number of hydrogen-bond donors (Lipinski definition) is 1. The third-order valence-electron chi connectivity index (χ3n) is 6.74. The van der Waals surface area contributed by atoms with E-state index in [1.165, 1.54) is 49.6 Å². The van der Waals surface area contributed by atoms with E-state index in [0.717, 1.165) is 18.4 Å². The number of nitro benzene ring substituents is 1. The molecule has 10 nitrogen and oxygen atoms in total. The topological polar surface area (TPSA) is 147 Å². The van der Waals surface area contributed by atoms with Crippen molar-refractivity contribution in [2.45, 2.75) is 44.9 Å². The number of carbonyl (C=O) groups excluding carboxylic acids is 1. The highest BCUT2D eigenvalue weighted by Crippen LogP contribution is 2.45. The van der Waals surface area contributed by atoms with E-state index < -0.39 is 16.8 Å². The molecule has 41 heavy (non-hydrogen) atoms. The Bertz CT molecular complexity index is 1490. The van der Waals surface area contributed by atoms with Gasteiger partial charge in [0.1, 0.15) is 23.1 Å². The second-order valence-electron chi connectivity index (χ2n) is 9.49. The molecule has 0 radical (unpaired) electrons. The van der Waals surface area contributed by atoms with Crippen molar-refractivity contribution in [2.75, 3.05) is 13.7 Å². The van der Waals surface area contributed by atoms with Crippen LogP contribution in [0.3, 0.4) is 0 Å². The van der Waals surface area contributed by atoms with E-state index in [9.17, 15) is 20.2 Å². The highest BCUT2D eigenvalue weighted by molar-refractivity contribution is 5.91. The van der Waals surface area contributed by atoms with Crippen LogP contribution in [-0.2, 0) is 0 Å². The van der Waals surface area contributed by atoms with Gasteiger partial charge in [-0.2, -0.15) is 5.26 Å². The molecular formula is C31H31N3O7. The lowest BCUT2D eigenvalue weighted by Crippen LogP contribution is -2.21. The van der Waals surface area contributed by atoms with Crippen LogP contribution in [0, 0.1) is 21.4 Å². The van der Waals surface area contributed by atoms with Crippen molar-refractivity contribution >= 4 is 11.7 Å². The molecule has 0 aromatic heterocycles. The first-order valence-electron chi connectivity index (χ1n) is 13.3. The summed E-state index contributed by atoms with van der Waals surface area (Å²) in [6, 6.07) is 17.6. The van der Waals surface area contributed by atoms with Crippen molar-refractivity contribution in [1.29, 1.82) is 5.26 Å². The lowest BCUT2D eigenvalue weighted by Gasteiger charge is -2.27. The normalized spacial score (nSPS) is 13.9. The maximum Gasteiger partial charge on any atom is 0.343 e. The Balaban J connectivity index is 1.56. The van der Waals surface area contributed by atoms with Crippen molar-refractivity contribution in [3.05, 3.63) is 98.9 Å². The summed E-state index contributed by atoms with van der Waals surface area (Å²) >= 11 is 0. The summed E-state index contributed by atoms with van der Waals surface area (Å²) in [6.45, 7) is 2.76. The maximum absolute atomic E-state index is 12.6. The predicted octanol–water partition coefficient (Wildman–Crippen LogP) is 6.39.